The molecule has 2 atom stereocenters. The SMILES string of the molecule is CCc1cc(C)cc(C)c1C1C(=O)C2CCCN2C1=O. The molecule has 0 aromatic heterocycles. The Labute approximate surface area is 120 Å². The molecule has 0 saturated carbocycles. The van der Waals surface area contributed by atoms with Crippen LogP contribution in [0.15, 0.2) is 12.1 Å². The van der Waals surface area contributed by atoms with Gasteiger partial charge in [-0.1, -0.05) is 24.6 Å². The van der Waals surface area contributed by atoms with Gasteiger partial charge in [-0.05, 0) is 49.8 Å². The van der Waals surface area contributed by atoms with E-state index < -0.39 is 5.92 Å². The molecule has 1 aromatic carbocycles. The summed E-state index contributed by atoms with van der Waals surface area (Å²) in [7, 11) is 0. The first-order valence-electron chi connectivity index (χ1n) is 7.48. The predicted octanol–water partition coefficient (Wildman–Crippen LogP) is 2.52. The first-order valence-corrected chi connectivity index (χ1v) is 7.48. The quantitative estimate of drug-likeness (QED) is 0.775. The number of carbonyl (C=O) groups is 2. The number of nitrogens with zero attached hydrogens (tertiary/aromatic N) is 1. The van der Waals surface area contributed by atoms with Crippen molar-refractivity contribution in [1.82, 2.24) is 4.90 Å². The van der Waals surface area contributed by atoms with Crippen molar-refractivity contribution < 1.29 is 9.59 Å². The summed E-state index contributed by atoms with van der Waals surface area (Å²) in [6.07, 6.45) is 2.66. The van der Waals surface area contributed by atoms with Crippen LogP contribution in [0.1, 0.15) is 47.9 Å². The number of amides is 1. The van der Waals surface area contributed by atoms with E-state index in [9.17, 15) is 9.59 Å². The van der Waals surface area contributed by atoms with E-state index >= 15 is 0 Å². The molecule has 0 radical (unpaired) electrons. The minimum Gasteiger partial charge on any atom is -0.332 e. The van der Waals surface area contributed by atoms with E-state index in [1.807, 2.05) is 6.92 Å². The van der Waals surface area contributed by atoms with Crippen LogP contribution in [0.3, 0.4) is 0 Å². The van der Waals surface area contributed by atoms with Crippen LogP contribution in [0, 0.1) is 13.8 Å². The average Bonchev–Trinajstić information content (AvgIpc) is 2.96. The van der Waals surface area contributed by atoms with Gasteiger partial charge in [0.15, 0.2) is 5.78 Å². The summed E-state index contributed by atoms with van der Waals surface area (Å²) in [5.41, 5.74) is 4.40. The van der Waals surface area contributed by atoms with Gasteiger partial charge >= 0.3 is 0 Å². The maximum absolute atomic E-state index is 12.6. The molecule has 0 N–H and O–H groups in total. The van der Waals surface area contributed by atoms with Crippen molar-refractivity contribution >= 4 is 11.7 Å². The normalized spacial score (nSPS) is 25.4. The number of fused-ring (bicyclic) bond motifs is 1. The van der Waals surface area contributed by atoms with Crippen LogP contribution in [0.25, 0.3) is 0 Å². The van der Waals surface area contributed by atoms with Gasteiger partial charge in [-0.3, -0.25) is 9.59 Å². The molecule has 0 spiro atoms. The van der Waals surface area contributed by atoms with E-state index in [-0.39, 0.29) is 17.7 Å². The maximum Gasteiger partial charge on any atom is 0.238 e. The van der Waals surface area contributed by atoms with Gasteiger partial charge in [0.05, 0.1) is 6.04 Å². The Morgan fingerprint density at radius 3 is 2.65 bits per heavy atom. The molecule has 3 nitrogen and oxygen atoms in total. The third kappa shape index (κ3) is 1.80. The van der Waals surface area contributed by atoms with E-state index in [0.29, 0.717) is 0 Å². The monoisotopic (exact) mass is 271 g/mol. The smallest absolute Gasteiger partial charge is 0.238 e. The van der Waals surface area contributed by atoms with Crippen molar-refractivity contribution in [2.24, 2.45) is 0 Å². The van der Waals surface area contributed by atoms with Crippen LogP contribution in [-0.4, -0.2) is 29.2 Å². The Morgan fingerprint density at radius 1 is 1.25 bits per heavy atom. The fraction of sp³-hybridized carbons (Fsp3) is 0.529. The maximum atomic E-state index is 12.6. The molecule has 2 aliphatic heterocycles. The van der Waals surface area contributed by atoms with Gasteiger partial charge in [0.25, 0.3) is 0 Å². The lowest BCUT2D eigenvalue weighted by Crippen LogP contribution is -2.29. The van der Waals surface area contributed by atoms with E-state index in [1.165, 1.54) is 5.56 Å². The molecular weight excluding hydrogens is 250 g/mol. The molecule has 3 rings (SSSR count). The average molecular weight is 271 g/mol. The fourth-order valence-corrected chi connectivity index (χ4v) is 3.84. The van der Waals surface area contributed by atoms with Crippen molar-refractivity contribution in [3.63, 3.8) is 0 Å². The Balaban J connectivity index is 2.10. The van der Waals surface area contributed by atoms with E-state index in [1.54, 1.807) is 4.90 Å². The number of hydrogen-bond donors (Lipinski definition) is 0. The minimum atomic E-state index is -0.546. The third-order valence-corrected chi connectivity index (χ3v) is 4.68. The summed E-state index contributed by atoms with van der Waals surface area (Å²) in [6, 6.07) is 4.04. The van der Waals surface area contributed by atoms with Crippen LogP contribution < -0.4 is 0 Å². The van der Waals surface area contributed by atoms with Crippen LogP contribution in [0.2, 0.25) is 0 Å². The molecule has 2 saturated heterocycles. The lowest BCUT2D eigenvalue weighted by molar-refractivity contribution is -0.129. The number of aryl methyl sites for hydroxylation is 3. The Kier molecular flexibility index (Phi) is 3.15. The summed E-state index contributed by atoms with van der Waals surface area (Å²) in [5.74, 6) is -0.399. The molecule has 2 heterocycles. The van der Waals surface area contributed by atoms with Crippen LogP contribution in [0.5, 0.6) is 0 Å². The van der Waals surface area contributed by atoms with Crippen molar-refractivity contribution in [3.05, 3.63) is 34.4 Å². The van der Waals surface area contributed by atoms with Crippen molar-refractivity contribution in [3.8, 4) is 0 Å². The number of benzene rings is 1. The topological polar surface area (TPSA) is 37.4 Å². The molecule has 0 bridgehead atoms. The summed E-state index contributed by atoms with van der Waals surface area (Å²) in [6.45, 7) is 6.92. The van der Waals surface area contributed by atoms with Gasteiger partial charge in [0.2, 0.25) is 5.91 Å². The third-order valence-electron chi connectivity index (χ3n) is 4.68. The zero-order valence-electron chi connectivity index (χ0n) is 12.4. The Hall–Kier alpha value is -1.64. The second-order valence-electron chi connectivity index (χ2n) is 6.03. The van der Waals surface area contributed by atoms with Gasteiger partial charge in [0.1, 0.15) is 5.92 Å². The van der Waals surface area contributed by atoms with Gasteiger partial charge in [-0.15, -0.1) is 0 Å². The zero-order valence-corrected chi connectivity index (χ0v) is 12.4. The number of rotatable bonds is 2. The van der Waals surface area contributed by atoms with Gasteiger partial charge < -0.3 is 4.90 Å². The number of ketones is 1. The highest BCUT2D eigenvalue weighted by Crippen LogP contribution is 2.38. The second-order valence-corrected chi connectivity index (χ2v) is 6.03. The van der Waals surface area contributed by atoms with Gasteiger partial charge in [0, 0.05) is 6.54 Å². The van der Waals surface area contributed by atoms with Crippen molar-refractivity contribution in [2.45, 2.75) is 52.0 Å². The largest absolute Gasteiger partial charge is 0.332 e. The summed E-state index contributed by atoms with van der Waals surface area (Å²) >= 11 is 0. The molecule has 106 valence electrons. The predicted molar refractivity (Wildman–Crippen MR) is 77.8 cm³/mol. The lowest BCUT2D eigenvalue weighted by Gasteiger charge is -2.18. The number of Topliss-reactive ketones (excluding diaryl/α,β-unsaturated/α-hetero) is 1. The Morgan fingerprint density at radius 2 is 2.00 bits per heavy atom. The van der Waals surface area contributed by atoms with E-state index in [2.05, 4.69) is 26.0 Å². The van der Waals surface area contributed by atoms with E-state index in [0.717, 1.165) is 42.5 Å². The van der Waals surface area contributed by atoms with E-state index in [4.69, 9.17) is 0 Å². The molecule has 20 heavy (non-hydrogen) atoms. The lowest BCUT2D eigenvalue weighted by atomic mass is 9.85. The fourth-order valence-electron chi connectivity index (χ4n) is 3.84. The van der Waals surface area contributed by atoms with Gasteiger partial charge in [-0.2, -0.15) is 0 Å². The van der Waals surface area contributed by atoms with Crippen LogP contribution in [-0.2, 0) is 16.0 Å². The zero-order chi connectivity index (χ0) is 14.4. The molecule has 2 aliphatic rings. The second kappa shape index (κ2) is 4.72. The molecule has 2 fully saturated rings. The first-order chi connectivity index (χ1) is 9.54. The minimum absolute atomic E-state index is 0.0270. The highest BCUT2D eigenvalue weighted by atomic mass is 16.2. The highest BCUT2D eigenvalue weighted by molar-refractivity contribution is 6.15. The summed E-state index contributed by atoms with van der Waals surface area (Å²) in [4.78, 5) is 27.0. The number of carbonyl (C=O) groups excluding carboxylic acids is 2. The standard InChI is InChI=1S/C17H21NO2/c1-4-12-9-10(2)8-11(3)14(12)15-16(19)13-6-5-7-18(13)17(15)20/h8-9,13,15H,4-7H2,1-3H3. The first kappa shape index (κ1) is 13.3. The molecular formula is C17H21NO2. The van der Waals surface area contributed by atoms with Crippen LogP contribution >= 0.6 is 0 Å². The summed E-state index contributed by atoms with van der Waals surface area (Å²) in [5, 5.41) is 0. The molecule has 1 aromatic rings. The molecule has 2 unspecified atom stereocenters. The van der Waals surface area contributed by atoms with Crippen LogP contribution in [0.4, 0.5) is 0 Å². The highest BCUT2D eigenvalue weighted by Gasteiger charge is 2.50. The molecule has 0 aliphatic carbocycles. The van der Waals surface area contributed by atoms with Crippen molar-refractivity contribution in [2.75, 3.05) is 6.54 Å². The van der Waals surface area contributed by atoms with Gasteiger partial charge in [-0.25, -0.2) is 0 Å². The summed E-state index contributed by atoms with van der Waals surface area (Å²) < 4.78 is 0. The molecule has 1 amide bonds. The Bertz CT molecular complexity index is 569. The van der Waals surface area contributed by atoms with Crippen molar-refractivity contribution in [1.29, 1.82) is 0 Å². The molecule has 3 heteroatoms. The number of hydrogen-bond acceptors (Lipinski definition) is 2.